The highest BCUT2D eigenvalue weighted by atomic mass is 16.5. The van der Waals surface area contributed by atoms with Crippen molar-refractivity contribution in [1.82, 2.24) is 5.16 Å². The zero-order valence-corrected chi connectivity index (χ0v) is 12.9. The van der Waals surface area contributed by atoms with Crippen molar-refractivity contribution in [2.75, 3.05) is 10.6 Å². The highest BCUT2D eigenvalue weighted by Crippen LogP contribution is 2.16. The minimum Gasteiger partial charge on any atom is -0.374 e. The van der Waals surface area contributed by atoms with Gasteiger partial charge in [-0.15, -0.1) is 0 Å². The van der Waals surface area contributed by atoms with Crippen molar-refractivity contribution in [2.45, 2.75) is 40.2 Å². The summed E-state index contributed by atoms with van der Waals surface area (Å²) in [5.41, 5.74) is 3.37. The summed E-state index contributed by atoms with van der Waals surface area (Å²) >= 11 is 0. The molecule has 1 atom stereocenters. The first-order valence-corrected chi connectivity index (χ1v) is 7.07. The Labute approximate surface area is 124 Å². The summed E-state index contributed by atoms with van der Waals surface area (Å²) in [5, 5.41) is 9.78. The maximum absolute atomic E-state index is 12.3. The molecule has 1 aromatic heterocycles. The molecule has 5 nitrogen and oxygen atoms in total. The van der Waals surface area contributed by atoms with Crippen LogP contribution in [-0.4, -0.2) is 17.1 Å². The number of hydrogen-bond donors (Lipinski definition) is 2. The lowest BCUT2D eigenvalue weighted by molar-refractivity contribution is -0.117. The SMILES string of the molecule is CC[C@@H](Nc1ccc(C)c(C)c1)C(=O)Nc1cc(C)on1. The van der Waals surface area contributed by atoms with Crippen LogP contribution >= 0.6 is 0 Å². The molecule has 1 aromatic carbocycles. The van der Waals surface area contributed by atoms with E-state index < -0.39 is 0 Å². The fourth-order valence-corrected chi connectivity index (χ4v) is 2.02. The maximum Gasteiger partial charge on any atom is 0.248 e. The summed E-state index contributed by atoms with van der Waals surface area (Å²) in [6.07, 6.45) is 0.676. The molecule has 2 aromatic rings. The van der Waals surface area contributed by atoms with Crippen molar-refractivity contribution in [2.24, 2.45) is 0 Å². The summed E-state index contributed by atoms with van der Waals surface area (Å²) in [5.74, 6) is 0.988. The number of aromatic nitrogens is 1. The Hall–Kier alpha value is -2.30. The smallest absolute Gasteiger partial charge is 0.248 e. The molecule has 2 rings (SSSR count). The lowest BCUT2D eigenvalue weighted by atomic mass is 10.1. The van der Waals surface area contributed by atoms with Crippen LogP contribution in [0.4, 0.5) is 11.5 Å². The second-order valence-corrected chi connectivity index (χ2v) is 5.22. The van der Waals surface area contributed by atoms with Gasteiger partial charge in [0.05, 0.1) is 0 Å². The van der Waals surface area contributed by atoms with E-state index >= 15 is 0 Å². The van der Waals surface area contributed by atoms with Gasteiger partial charge < -0.3 is 15.2 Å². The van der Waals surface area contributed by atoms with Gasteiger partial charge in [0.2, 0.25) is 5.91 Å². The number of nitrogens with one attached hydrogen (secondary N) is 2. The van der Waals surface area contributed by atoms with Crippen LogP contribution in [0.25, 0.3) is 0 Å². The third kappa shape index (κ3) is 3.84. The van der Waals surface area contributed by atoms with Crippen LogP contribution in [0.5, 0.6) is 0 Å². The molecule has 0 aliphatic heterocycles. The number of rotatable bonds is 5. The van der Waals surface area contributed by atoms with E-state index in [1.54, 1.807) is 13.0 Å². The van der Waals surface area contributed by atoms with E-state index in [1.807, 2.05) is 25.1 Å². The molecule has 0 aliphatic rings. The van der Waals surface area contributed by atoms with Crippen LogP contribution in [0.15, 0.2) is 28.8 Å². The summed E-state index contributed by atoms with van der Waals surface area (Å²) < 4.78 is 4.94. The van der Waals surface area contributed by atoms with Gasteiger partial charge in [-0.3, -0.25) is 4.79 Å². The summed E-state index contributed by atoms with van der Waals surface area (Å²) in [6, 6.07) is 7.46. The Morgan fingerprint density at radius 3 is 2.57 bits per heavy atom. The maximum atomic E-state index is 12.3. The fraction of sp³-hybridized carbons (Fsp3) is 0.375. The predicted molar refractivity (Wildman–Crippen MR) is 83.5 cm³/mol. The molecule has 0 radical (unpaired) electrons. The molecule has 0 aliphatic carbocycles. The first-order chi connectivity index (χ1) is 9.99. The minimum absolute atomic E-state index is 0.121. The van der Waals surface area contributed by atoms with E-state index in [4.69, 9.17) is 4.52 Å². The number of hydrogen-bond acceptors (Lipinski definition) is 4. The largest absolute Gasteiger partial charge is 0.374 e. The molecule has 5 heteroatoms. The van der Waals surface area contributed by atoms with Crippen LogP contribution in [0.2, 0.25) is 0 Å². The first-order valence-electron chi connectivity index (χ1n) is 7.07. The van der Waals surface area contributed by atoms with Crippen molar-refractivity contribution >= 4 is 17.4 Å². The first kappa shape index (κ1) is 15.1. The van der Waals surface area contributed by atoms with E-state index in [-0.39, 0.29) is 11.9 Å². The number of anilines is 2. The van der Waals surface area contributed by atoms with Crippen LogP contribution in [0, 0.1) is 20.8 Å². The van der Waals surface area contributed by atoms with E-state index in [0.29, 0.717) is 18.0 Å². The highest BCUT2D eigenvalue weighted by Gasteiger charge is 2.17. The monoisotopic (exact) mass is 287 g/mol. The quantitative estimate of drug-likeness (QED) is 0.884. The zero-order valence-electron chi connectivity index (χ0n) is 12.9. The molecule has 0 unspecified atom stereocenters. The molecular weight excluding hydrogens is 266 g/mol. The average Bonchev–Trinajstić information content (AvgIpc) is 2.85. The number of carbonyl (C=O) groups excluding carboxylic acids is 1. The Kier molecular flexibility index (Phi) is 4.62. The molecule has 0 saturated heterocycles. The lowest BCUT2D eigenvalue weighted by Gasteiger charge is -2.17. The van der Waals surface area contributed by atoms with Crippen LogP contribution in [-0.2, 0) is 4.79 Å². The van der Waals surface area contributed by atoms with Crippen molar-refractivity contribution in [3.05, 3.63) is 41.2 Å². The Balaban J connectivity index is 2.04. The highest BCUT2D eigenvalue weighted by molar-refractivity contribution is 5.95. The van der Waals surface area contributed by atoms with Crippen molar-refractivity contribution < 1.29 is 9.32 Å². The zero-order chi connectivity index (χ0) is 15.4. The second kappa shape index (κ2) is 6.43. The van der Waals surface area contributed by atoms with Crippen molar-refractivity contribution in [3.63, 3.8) is 0 Å². The summed E-state index contributed by atoms with van der Waals surface area (Å²) in [7, 11) is 0. The Morgan fingerprint density at radius 1 is 1.24 bits per heavy atom. The standard InChI is InChI=1S/C16H21N3O2/c1-5-14(16(20)18-15-9-12(4)21-19-15)17-13-7-6-10(2)11(3)8-13/h6-9,14,17H,5H2,1-4H3,(H,18,19,20)/t14-/m1/s1. The molecule has 0 spiro atoms. The molecule has 0 saturated carbocycles. The van der Waals surface area contributed by atoms with Gasteiger partial charge in [-0.1, -0.05) is 18.1 Å². The van der Waals surface area contributed by atoms with Gasteiger partial charge in [0, 0.05) is 11.8 Å². The van der Waals surface area contributed by atoms with Gasteiger partial charge in [-0.05, 0) is 50.5 Å². The summed E-state index contributed by atoms with van der Waals surface area (Å²) in [4.78, 5) is 12.3. The third-order valence-corrected chi connectivity index (χ3v) is 3.45. The van der Waals surface area contributed by atoms with Gasteiger partial charge in [0.15, 0.2) is 5.82 Å². The second-order valence-electron chi connectivity index (χ2n) is 5.22. The lowest BCUT2D eigenvalue weighted by Crippen LogP contribution is -2.34. The third-order valence-electron chi connectivity index (χ3n) is 3.45. The van der Waals surface area contributed by atoms with Gasteiger partial charge in [0.25, 0.3) is 0 Å². The van der Waals surface area contributed by atoms with Crippen molar-refractivity contribution in [3.8, 4) is 0 Å². The van der Waals surface area contributed by atoms with Gasteiger partial charge in [0.1, 0.15) is 11.8 Å². The number of carbonyl (C=O) groups is 1. The van der Waals surface area contributed by atoms with E-state index in [9.17, 15) is 4.79 Å². The molecular formula is C16H21N3O2. The fourth-order valence-electron chi connectivity index (χ4n) is 2.02. The summed E-state index contributed by atoms with van der Waals surface area (Å²) in [6.45, 7) is 7.87. The minimum atomic E-state index is -0.316. The number of amides is 1. The van der Waals surface area contributed by atoms with Gasteiger partial charge in [-0.25, -0.2) is 0 Å². The van der Waals surface area contributed by atoms with Crippen LogP contribution in [0.1, 0.15) is 30.2 Å². The molecule has 1 heterocycles. The molecule has 112 valence electrons. The van der Waals surface area contributed by atoms with E-state index in [0.717, 1.165) is 5.69 Å². The topological polar surface area (TPSA) is 67.2 Å². The Morgan fingerprint density at radius 2 is 2.00 bits per heavy atom. The molecule has 0 bridgehead atoms. The molecule has 0 fully saturated rings. The molecule has 1 amide bonds. The van der Waals surface area contributed by atoms with Crippen LogP contribution in [0.3, 0.4) is 0 Å². The van der Waals surface area contributed by atoms with Gasteiger partial charge in [-0.2, -0.15) is 0 Å². The average molecular weight is 287 g/mol. The van der Waals surface area contributed by atoms with Gasteiger partial charge >= 0.3 is 0 Å². The van der Waals surface area contributed by atoms with E-state index in [2.05, 4.69) is 29.6 Å². The predicted octanol–water partition coefficient (Wildman–Crippen LogP) is 3.43. The van der Waals surface area contributed by atoms with E-state index in [1.165, 1.54) is 11.1 Å². The molecule has 2 N–H and O–H groups in total. The molecule has 21 heavy (non-hydrogen) atoms. The number of nitrogens with zero attached hydrogens (tertiary/aromatic N) is 1. The Bertz CT molecular complexity index is 634. The van der Waals surface area contributed by atoms with Crippen LogP contribution < -0.4 is 10.6 Å². The normalized spacial score (nSPS) is 12.0. The number of benzene rings is 1. The van der Waals surface area contributed by atoms with Crippen molar-refractivity contribution in [1.29, 1.82) is 0 Å². The number of aryl methyl sites for hydroxylation is 3.